The molecule has 0 bridgehead atoms. The van der Waals surface area contributed by atoms with Crippen molar-refractivity contribution in [3.63, 3.8) is 0 Å². The van der Waals surface area contributed by atoms with Crippen molar-refractivity contribution in [1.29, 1.82) is 0 Å². The molecule has 0 aromatic carbocycles. The van der Waals surface area contributed by atoms with E-state index in [2.05, 4.69) is 17.0 Å². The molecule has 124 valence electrons. The van der Waals surface area contributed by atoms with E-state index in [-0.39, 0.29) is 17.9 Å². The minimum absolute atomic E-state index is 0.116. The normalized spacial score (nSPS) is 22.2. The zero-order valence-corrected chi connectivity index (χ0v) is 14.8. The van der Waals surface area contributed by atoms with Gasteiger partial charge in [-0.2, -0.15) is 11.3 Å². The molecule has 5 nitrogen and oxygen atoms in total. The Labute approximate surface area is 136 Å². The lowest BCUT2D eigenvalue weighted by atomic mass is 9.99. The smallest absolute Gasteiger partial charge is 0.222 e. The number of likely N-dealkylation sites (tertiary alicyclic amines) is 1. The van der Waals surface area contributed by atoms with Crippen LogP contribution in [-0.2, 0) is 21.2 Å². The molecule has 1 aromatic heterocycles. The van der Waals surface area contributed by atoms with Crippen molar-refractivity contribution in [3.8, 4) is 0 Å². The van der Waals surface area contributed by atoms with Crippen LogP contribution in [-0.4, -0.2) is 44.6 Å². The average Bonchev–Trinajstić information content (AvgIpc) is 3.05. The lowest BCUT2D eigenvalue weighted by molar-refractivity contribution is -0.130. The number of nitrogens with one attached hydrogen (secondary N) is 1. The zero-order valence-electron chi connectivity index (χ0n) is 13.1. The molecule has 0 aliphatic carbocycles. The molecule has 2 heterocycles. The number of aryl methyl sites for hydroxylation is 1. The van der Waals surface area contributed by atoms with Crippen LogP contribution in [0.4, 0.5) is 0 Å². The number of amides is 1. The molecule has 1 N–H and O–H groups in total. The van der Waals surface area contributed by atoms with E-state index >= 15 is 0 Å². The number of carbonyl (C=O) groups is 1. The third kappa shape index (κ3) is 5.07. The molecule has 2 atom stereocenters. The van der Waals surface area contributed by atoms with Gasteiger partial charge in [-0.1, -0.05) is 13.3 Å². The summed E-state index contributed by atoms with van der Waals surface area (Å²) in [5.41, 5.74) is 1.19. The Balaban J connectivity index is 1.92. The van der Waals surface area contributed by atoms with E-state index in [0.29, 0.717) is 19.5 Å². The van der Waals surface area contributed by atoms with Gasteiger partial charge in [0, 0.05) is 25.6 Å². The number of sulfonamides is 1. The molecule has 22 heavy (non-hydrogen) atoms. The molecule has 1 amide bonds. The van der Waals surface area contributed by atoms with Gasteiger partial charge in [0.2, 0.25) is 15.9 Å². The average molecular weight is 345 g/mol. The van der Waals surface area contributed by atoms with Gasteiger partial charge in [0.1, 0.15) is 0 Å². The Kier molecular flexibility index (Phi) is 6.00. The quantitative estimate of drug-likeness (QED) is 0.821. The maximum atomic E-state index is 12.4. The van der Waals surface area contributed by atoms with Gasteiger partial charge < -0.3 is 4.90 Å². The van der Waals surface area contributed by atoms with Crippen molar-refractivity contribution in [2.24, 2.45) is 5.92 Å². The SMILES string of the molecule is CCCC1CN(C(=O)CCc2ccsc2)CC1NS(C)(=O)=O. The highest BCUT2D eigenvalue weighted by Crippen LogP contribution is 2.23. The summed E-state index contributed by atoms with van der Waals surface area (Å²) in [6.07, 6.45) is 4.34. The number of carbonyl (C=O) groups excluding carboxylic acids is 1. The first-order chi connectivity index (χ1) is 10.4. The molecule has 0 radical (unpaired) electrons. The van der Waals surface area contributed by atoms with Crippen molar-refractivity contribution < 1.29 is 13.2 Å². The summed E-state index contributed by atoms with van der Waals surface area (Å²) in [5, 5.41) is 4.07. The van der Waals surface area contributed by atoms with Gasteiger partial charge in [-0.25, -0.2) is 13.1 Å². The minimum Gasteiger partial charge on any atom is -0.341 e. The molecule has 1 aliphatic rings. The van der Waals surface area contributed by atoms with Crippen LogP contribution >= 0.6 is 11.3 Å². The van der Waals surface area contributed by atoms with Crippen molar-refractivity contribution in [2.45, 2.75) is 38.6 Å². The van der Waals surface area contributed by atoms with E-state index in [9.17, 15) is 13.2 Å². The molecular formula is C15H24N2O3S2. The van der Waals surface area contributed by atoms with Crippen LogP contribution in [0.15, 0.2) is 16.8 Å². The lowest BCUT2D eigenvalue weighted by Crippen LogP contribution is -2.40. The third-order valence-corrected chi connectivity index (χ3v) is 5.49. The van der Waals surface area contributed by atoms with Crippen LogP contribution in [0, 0.1) is 5.92 Å². The zero-order chi connectivity index (χ0) is 16.2. The standard InChI is InChI=1S/C15H24N2O3S2/c1-3-4-13-9-17(10-14(13)16-22(2,19)20)15(18)6-5-12-7-8-21-11-12/h7-8,11,13-14,16H,3-6,9-10H2,1-2H3. The highest BCUT2D eigenvalue weighted by Gasteiger charge is 2.35. The molecule has 1 aromatic rings. The molecule has 1 fully saturated rings. The highest BCUT2D eigenvalue weighted by atomic mass is 32.2. The second-order valence-electron chi connectivity index (χ2n) is 5.98. The summed E-state index contributed by atoms with van der Waals surface area (Å²) < 4.78 is 25.7. The topological polar surface area (TPSA) is 66.5 Å². The van der Waals surface area contributed by atoms with E-state index < -0.39 is 10.0 Å². The Morgan fingerprint density at radius 3 is 2.82 bits per heavy atom. The Bertz CT molecular complexity index is 584. The summed E-state index contributed by atoms with van der Waals surface area (Å²) in [4.78, 5) is 14.2. The van der Waals surface area contributed by atoms with Crippen LogP contribution in [0.25, 0.3) is 0 Å². The molecule has 7 heteroatoms. The summed E-state index contributed by atoms with van der Waals surface area (Å²) >= 11 is 1.64. The summed E-state index contributed by atoms with van der Waals surface area (Å²) in [5.74, 6) is 0.329. The molecule has 2 unspecified atom stereocenters. The van der Waals surface area contributed by atoms with Gasteiger partial charge in [0.25, 0.3) is 0 Å². The van der Waals surface area contributed by atoms with E-state index in [1.54, 1.807) is 11.3 Å². The van der Waals surface area contributed by atoms with E-state index in [1.807, 2.05) is 16.3 Å². The van der Waals surface area contributed by atoms with E-state index in [1.165, 1.54) is 11.8 Å². The maximum Gasteiger partial charge on any atom is 0.222 e. The first-order valence-corrected chi connectivity index (χ1v) is 10.5. The first kappa shape index (κ1) is 17.4. The number of nitrogens with zero attached hydrogens (tertiary/aromatic N) is 1. The van der Waals surface area contributed by atoms with Gasteiger partial charge in [0.05, 0.1) is 6.26 Å². The van der Waals surface area contributed by atoms with Crippen molar-refractivity contribution in [1.82, 2.24) is 9.62 Å². The van der Waals surface area contributed by atoms with Crippen LogP contribution in [0.5, 0.6) is 0 Å². The summed E-state index contributed by atoms with van der Waals surface area (Å²) in [7, 11) is -3.24. The number of thiophene rings is 1. The second-order valence-corrected chi connectivity index (χ2v) is 8.54. The van der Waals surface area contributed by atoms with Crippen LogP contribution in [0.2, 0.25) is 0 Å². The van der Waals surface area contributed by atoms with Gasteiger partial charge >= 0.3 is 0 Å². The third-order valence-electron chi connectivity index (χ3n) is 4.03. The van der Waals surface area contributed by atoms with Gasteiger partial charge in [0.15, 0.2) is 0 Å². The molecular weight excluding hydrogens is 320 g/mol. The molecule has 0 saturated carbocycles. The van der Waals surface area contributed by atoms with Crippen molar-refractivity contribution >= 4 is 27.3 Å². The van der Waals surface area contributed by atoms with Crippen molar-refractivity contribution in [3.05, 3.63) is 22.4 Å². The summed E-state index contributed by atoms with van der Waals surface area (Å²) in [6.45, 7) is 3.22. The highest BCUT2D eigenvalue weighted by molar-refractivity contribution is 7.88. The van der Waals surface area contributed by atoms with Gasteiger partial charge in [-0.3, -0.25) is 4.79 Å². The summed E-state index contributed by atoms with van der Waals surface area (Å²) in [6, 6.07) is 1.88. The lowest BCUT2D eigenvalue weighted by Gasteiger charge is -2.17. The number of hydrogen-bond acceptors (Lipinski definition) is 4. The van der Waals surface area contributed by atoms with E-state index in [0.717, 1.165) is 19.3 Å². The monoisotopic (exact) mass is 344 g/mol. The molecule has 2 rings (SSSR count). The fourth-order valence-corrected chi connectivity index (χ4v) is 4.51. The Hall–Kier alpha value is -0.920. The Morgan fingerprint density at radius 2 is 2.23 bits per heavy atom. The van der Waals surface area contributed by atoms with E-state index in [4.69, 9.17) is 0 Å². The number of rotatable bonds is 7. The molecule has 1 aliphatic heterocycles. The largest absolute Gasteiger partial charge is 0.341 e. The predicted molar refractivity (Wildman–Crippen MR) is 89.4 cm³/mol. The van der Waals surface area contributed by atoms with Gasteiger partial charge in [-0.15, -0.1) is 0 Å². The fraction of sp³-hybridized carbons (Fsp3) is 0.667. The van der Waals surface area contributed by atoms with Gasteiger partial charge in [-0.05, 0) is 41.1 Å². The van der Waals surface area contributed by atoms with Crippen molar-refractivity contribution in [2.75, 3.05) is 19.3 Å². The minimum atomic E-state index is -3.24. The van der Waals surface area contributed by atoms with Crippen LogP contribution in [0.3, 0.4) is 0 Å². The first-order valence-electron chi connectivity index (χ1n) is 7.65. The number of hydrogen-bond donors (Lipinski definition) is 1. The van der Waals surface area contributed by atoms with Crippen LogP contribution in [0.1, 0.15) is 31.7 Å². The van der Waals surface area contributed by atoms with Crippen LogP contribution < -0.4 is 4.72 Å². The predicted octanol–water partition coefficient (Wildman–Crippen LogP) is 1.86. The Morgan fingerprint density at radius 1 is 1.45 bits per heavy atom. The maximum absolute atomic E-state index is 12.4. The fourth-order valence-electron chi connectivity index (χ4n) is 2.99. The molecule has 1 saturated heterocycles. The second kappa shape index (κ2) is 7.57. The molecule has 0 spiro atoms.